The average molecular weight is 355 g/mol. The Morgan fingerprint density at radius 1 is 1.31 bits per heavy atom. The van der Waals surface area contributed by atoms with Crippen LogP contribution in [0.4, 0.5) is 0 Å². The fourth-order valence-corrected chi connectivity index (χ4v) is 2.62. The van der Waals surface area contributed by atoms with Crippen molar-refractivity contribution in [3.63, 3.8) is 0 Å². The molecule has 0 saturated carbocycles. The normalized spacial score (nSPS) is 10.8. The summed E-state index contributed by atoms with van der Waals surface area (Å²) < 4.78 is 5.43. The average Bonchev–Trinajstić information content (AvgIpc) is 3.34. The van der Waals surface area contributed by atoms with Crippen molar-refractivity contribution in [3.05, 3.63) is 54.1 Å². The van der Waals surface area contributed by atoms with Gasteiger partial charge in [0.15, 0.2) is 11.6 Å². The summed E-state index contributed by atoms with van der Waals surface area (Å²) in [6.45, 7) is 2.76. The molecule has 0 fully saturated rings. The summed E-state index contributed by atoms with van der Waals surface area (Å²) in [5.74, 6) is 0.219. The highest BCUT2D eigenvalue weighted by molar-refractivity contribution is 5.92. The molecule has 8 nitrogen and oxygen atoms in total. The van der Waals surface area contributed by atoms with E-state index in [9.17, 15) is 4.79 Å². The number of carbonyl (C=O) groups is 1. The zero-order valence-corrected chi connectivity index (χ0v) is 14.6. The number of nitrogens with zero attached hydrogens (tertiary/aromatic N) is 4. The fourth-order valence-electron chi connectivity index (χ4n) is 2.62. The van der Waals surface area contributed by atoms with Gasteiger partial charge in [-0.25, -0.2) is 4.98 Å². The van der Waals surface area contributed by atoms with Gasteiger partial charge in [-0.15, -0.1) is 0 Å². The number of nitrogens with one attached hydrogen (secondary N) is 1. The van der Waals surface area contributed by atoms with Gasteiger partial charge in [0, 0.05) is 31.0 Å². The largest absolute Gasteiger partial charge is 0.448 e. The zero-order chi connectivity index (χ0) is 18.4. The summed E-state index contributed by atoms with van der Waals surface area (Å²) in [5, 5.41) is 15.8. The third kappa shape index (κ3) is 4.15. The lowest BCUT2D eigenvalue weighted by Gasteiger charge is -2.19. The highest BCUT2D eigenvalue weighted by atomic mass is 16.3. The summed E-state index contributed by atoms with van der Waals surface area (Å²) in [6.07, 6.45) is 7.86. The summed E-state index contributed by atoms with van der Waals surface area (Å²) in [7, 11) is 0. The van der Waals surface area contributed by atoms with E-state index in [1.165, 1.54) is 6.26 Å². The van der Waals surface area contributed by atoms with E-state index in [-0.39, 0.29) is 24.8 Å². The molecule has 0 bridgehead atoms. The Labute approximate surface area is 150 Å². The van der Waals surface area contributed by atoms with Gasteiger partial charge in [0.2, 0.25) is 0 Å². The van der Waals surface area contributed by atoms with Crippen LogP contribution < -0.4 is 0 Å². The molecule has 0 aliphatic rings. The number of hydrogen-bond acceptors (Lipinski definition) is 6. The molecule has 0 atom stereocenters. The molecule has 8 heteroatoms. The van der Waals surface area contributed by atoms with Gasteiger partial charge in [-0.2, -0.15) is 5.10 Å². The molecular formula is C18H21N5O3. The van der Waals surface area contributed by atoms with Crippen molar-refractivity contribution < 1.29 is 14.3 Å². The number of aromatic amines is 1. The Bertz CT molecular complexity index is 821. The van der Waals surface area contributed by atoms with Crippen molar-refractivity contribution >= 4 is 5.91 Å². The summed E-state index contributed by atoms with van der Waals surface area (Å²) in [4.78, 5) is 22.7. The van der Waals surface area contributed by atoms with Gasteiger partial charge in [-0.3, -0.25) is 14.9 Å². The van der Waals surface area contributed by atoms with Crippen LogP contribution in [-0.2, 0) is 6.42 Å². The van der Waals surface area contributed by atoms with Crippen LogP contribution in [0, 0.1) is 0 Å². The first kappa shape index (κ1) is 17.8. The van der Waals surface area contributed by atoms with Crippen molar-refractivity contribution in [1.82, 2.24) is 25.1 Å². The van der Waals surface area contributed by atoms with Crippen molar-refractivity contribution in [2.45, 2.75) is 19.8 Å². The molecule has 0 aliphatic heterocycles. The second-order valence-corrected chi connectivity index (χ2v) is 5.86. The summed E-state index contributed by atoms with van der Waals surface area (Å²) in [5.41, 5.74) is 2.93. The van der Waals surface area contributed by atoms with Gasteiger partial charge in [0.25, 0.3) is 5.91 Å². The van der Waals surface area contributed by atoms with Gasteiger partial charge in [0.1, 0.15) is 6.26 Å². The van der Waals surface area contributed by atoms with Crippen LogP contribution in [0.25, 0.3) is 11.3 Å². The minimum absolute atomic E-state index is 0.0782. The predicted molar refractivity (Wildman–Crippen MR) is 94.4 cm³/mol. The third-order valence-corrected chi connectivity index (χ3v) is 3.90. The number of aliphatic hydroxyl groups is 1. The number of oxazole rings is 1. The van der Waals surface area contributed by atoms with E-state index in [1.54, 1.807) is 23.5 Å². The van der Waals surface area contributed by atoms with E-state index in [2.05, 4.69) is 20.2 Å². The second kappa shape index (κ2) is 8.39. The molecular weight excluding hydrogens is 334 g/mol. The Morgan fingerprint density at radius 3 is 2.85 bits per heavy atom. The standard InChI is InChI=1S/C18H21N5O3/c1-2-5-23(6-7-24)18(25)16-12-26-17(22-16)8-13-3-4-15(19-9-13)14-10-20-21-11-14/h3-4,9-12,24H,2,5-8H2,1H3,(H,20,21). The Kier molecular flexibility index (Phi) is 5.75. The molecule has 3 aromatic rings. The number of rotatable bonds is 8. The molecule has 0 radical (unpaired) electrons. The van der Waals surface area contributed by atoms with Gasteiger partial charge in [-0.1, -0.05) is 13.0 Å². The van der Waals surface area contributed by atoms with Crippen LogP contribution >= 0.6 is 0 Å². The number of hydrogen-bond donors (Lipinski definition) is 2. The topological polar surface area (TPSA) is 108 Å². The maximum Gasteiger partial charge on any atom is 0.275 e. The van der Waals surface area contributed by atoms with E-state index >= 15 is 0 Å². The first-order valence-electron chi connectivity index (χ1n) is 8.50. The highest BCUT2D eigenvalue weighted by Gasteiger charge is 2.19. The quantitative estimate of drug-likeness (QED) is 0.639. The molecule has 0 aliphatic carbocycles. The number of aromatic nitrogens is 4. The molecule has 3 rings (SSSR count). The molecule has 3 heterocycles. The van der Waals surface area contributed by atoms with Crippen molar-refractivity contribution in [1.29, 1.82) is 0 Å². The molecule has 0 unspecified atom stereocenters. The molecule has 0 saturated heterocycles. The summed E-state index contributed by atoms with van der Waals surface area (Å²) >= 11 is 0. The maximum absolute atomic E-state index is 12.4. The van der Waals surface area contributed by atoms with Crippen LogP contribution in [0.5, 0.6) is 0 Å². The van der Waals surface area contributed by atoms with Gasteiger partial charge in [0.05, 0.1) is 24.9 Å². The lowest BCUT2D eigenvalue weighted by molar-refractivity contribution is 0.0716. The van der Waals surface area contributed by atoms with E-state index in [4.69, 9.17) is 9.52 Å². The van der Waals surface area contributed by atoms with Crippen LogP contribution in [0.3, 0.4) is 0 Å². The number of amides is 1. The minimum Gasteiger partial charge on any atom is -0.448 e. The summed E-state index contributed by atoms with van der Waals surface area (Å²) in [6, 6.07) is 3.84. The molecule has 2 N–H and O–H groups in total. The van der Waals surface area contributed by atoms with E-state index in [0.717, 1.165) is 23.2 Å². The van der Waals surface area contributed by atoms with Gasteiger partial charge >= 0.3 is 0 Å². The number of H-pyrrole nitrogens is 1. The van der Waals surface area contributed by atoms with Crippen LogP contribution in [-0.4, -0.2) is 55.8 Å². The third-order valence-electron chi connectivity index (χ3n) is 3.90. The molecule has 26 heavy (non-hydrogen) atoms. The van der Waals surface area contributed by atoms with E-state index in [1.807, 2.05) is 19.1 Å². The highest BCUT2D eigenvalue weighted by Crippen LogP contribution is 2.16. The maximum atomic E-state index is 12.4. The smallest absolute Gasteiger partial charge is 0.275 e. The van der Waals surface area contributed by atoms with E-state index in [0.29, 0.717) is 18.9 Å². The minimum atomic E-state index is -0.232. The molecule has 1 amide bonds. The Hall–Kier alpha value is -3.00. The molecule has 0 spiro atoms. The first-order chi connectivity index (χ1) is 12.7. The molecule has 3 aromatic heterocycles. The predicted octanol–water partition coefficient (Wildman–Crippen LogP) is 1.90. The Morgan fingerprint density at radius 2 is 2.19 bits per heavy atom. The van der Waals surface area contributed by atoms with Gasteiger partial charge < -0.3 is 14.4 Å². The van der Waals surface area contributed by atoms with Crippen LogP contribution in [0.15, 0.2) is 41.4 Å². The van der Waals surface area contributed by atoms with E-state index < -0.39 is 0 Å². The number of carbonyl (C=O) groups excluding carboxylic acids is 1. The monoisotopic (exact) mass is 355 g/mol. The SMILES string of the molecule is CCCN(CCO)C(=O)c1coc(Cc2ccc(-c3cn[nH]c3)nc2)n1. The second-order valence-electron chi connectivity index (χ2n) is 5.86. The zero-order valence-electron chi connectivity index (χ0n) is 14.6. The number of aliphatic hydroxyl groups excluding tert-OH is 1. The lowest BCUT2D eigenvalue weighted by Crippen LogP contribution is -2.34. The van der Waals surface area contributed by atoms with Crippen molar-refractivity contribution in [2.24, 2.45) is 0 Å². The number of pyridine rings is 1. The van der Waals surface area contributed by atoms with Gasteiger partial charge in [-0.05, 0) is 18.1 Å². The van der Waals surface area contributed by atoms with Crippen LogP contribution in [0.1, 0.15) is 35.3 Å². The van der Waals surface area contributed by atoms with Crippen molar-refractivity contribution in [2.75, 3.05) is 19.7 Å². The lowest BCUT2D eigenvalue weighted by atomic mass is 10.1. The fraction of sp³-hybridized carbons (Fsp3) is 0.333. The molecule has 0 aromatic carbocycles. The van der Waals surface area contributed by atoms with Crippen LogP contribution in [0.2, 0.25) is 0 Å². The molecule has 136 valence electrons. The van der Waals surface area contributed by atoms with Crippen molar-refractivity contribution in [3.8, 4) is 11.3 Å². The Balaban J connectivity index is 1.67. The first-order valence-corrected chi connectivity index (χ1v) is 8.50.